The summed E-state index contributed by atoms with van der Waals surface area (Å²) in [7, 11) is -1.32. The average Bonchev–Trinajstić information content (AvgIpc) is 2.69. The van der Waals surface area contributed by atoms with Gasteiger partial charge in [-0.3, -0.25) is 0 Å². The van der Waals surface area contributed by atoms with Gasteiger partial charge in [0.05, 0.1) is 14.2 Å². The van der Waals surface area contributed by atoms with Crippen LogP contribution in [0.1, 0.15) is 40.5 Å². The second-order valence-electron chi connectivity index (χ2n) is 6.29. The monoisotopic (exact) mass is 311 g/mol. The van der Waals surface area contributed by atoms with E-state index >= 15 is 0 Å². The van der Waals surface area contributed by atoms with Crippen LogP contribution < -0.4 is 5.32 Å². The number of aliphatic hydroxyl groups is 1. The molecule has 0 radical (unpaired) electrons. The summed E-state index contributed by atoms with van der Waals surface area (Å²) in [5, 5.41) is 13.8. The van der Waals surface area contributed by atoms with Crippen LogP contribution in [0.3, 0.4) is 0 Å². The van der Waals surface area contributed by atoms with Gasteiger partial charge < -0.3 is 10.4 Å². The lowest BCUT2D eigenvalue weighted by Gasteiger charge is -2.38. The Balaban J connectivity index is 0. The molecule has 2 nitrogen and oxygen atoms in total. The fourth-order valence-electron chi connectivity index (χ4n) is 2.77. The third-order valence-electron chi connectivity index (χ3n) is 4.85. The van der Waals surface area contributed by atoms with Crippen molar-refractivity contribution in [2.75, 3.05) is 6.54 Å². The lowest BCUT2D eigenvalue weighted by atomic mass is 10.1. The predicted octanol–water partition coefficient (Wildman–Crippen LogP) is 3.22. The quantitative estimate of drug-likeness (QED) is 0.764. The van der Waals surface area contributed by atoms with Gasteiger partial charge in [0.25, 0.3) is 0 Å². The molecule has 0 amide bonds. The van der Waals surface area contributed by atoms with Gasteiger partial charge in [0.1, 0.15) is 0 Å². The van der Waals surface area contributed by atoms with Crippen molar-refractivity contribution < 1.29 is 5.11 Å². The Morgan fingerprint density at radius 2 is 1.67 bits per heavy atom. The number of rotatable bonds is 5. The van der Waals surface area contributed by atoms with Crippen LogP contribution in [-0.2, 0) is 0 Å². The highest BCUT2D eigenvalue weighted by Crippen LogP contribution is 2.37. The zero-order valence-corrected chi connectivity index (χ0v) is 15.6. The molecule has 5 heteroatoms. The van der Waals surface area contributed by atoms with Crippen molar-refractivity contribution in [2.45, 2.75) is 76.4 Å². The van der Waals surface area contributed by atoms with E-state index < -0.39 is 8.07 Å². The lowest BCUT2D eigenvalue weighted by molar-refractivity contribution is 0.152. The smallest absolute Gasteiger partial charge is 0.0670 e. The molecule has 1 saturated heterocycles. The van der Waals surface area contributed by atoms with Crippen molar-refractivity contribution >= 4 is 35.1 Å². The Morgan fingerprint density at radius 1 is 1.17 bits per heavy atom. The van der Waals surface area contributed by atoms with Crippen LogP contribution in [0, 0.1) is 0 Å². The molecule has 0 spiro atoms. The van der Waals surface area contributed by atoms with Gasteiger partial charge >= 0.3 is 0 Å². The van der Waals surface area contributed by atoms with E-state index in [0.29, 0.717) is 6.04 Å². The van der Waals surface area contributed by atoms with Gasteiger partial charge in [-0.1, -0.05) is 45.3 Å². The van der Waals surface area contributed by atoms with Gasteiger partial charge in [-0.15, -0.1) is 0 Å². The van der Waals surface area contributed by atoms with Gasteiger partial charge in [0.15, 0.2) is 0 Å². The van der Waals surface area contributed by atoms with Crippen molar-refractivity contribution in [3.8, 4) is 0 Å². The zero-order chi connectivity index (χ0) is 12.3. The largest absolute Gasteiger partial charge is 0.392 e. The Hall–Kier alpha value is 0.837. The van der Waals surface area contributed by atoms with Crippen molar-refractivity contribution in [3.63, 3.8) is 0 Å². The van der Waals surface area contributed by atoms with Crippen LogP contribution in [-0.4, -0.2) is 31.9 Å². The van der Waals surface area contributed by atoms with Gasteiger partial charge in [-0.2, -0.15) is 27.0 Å². The molecule has 1 aliphatic rings. The molecule has 1 rings (SSSR count). The second kappa shape index (κ2) is 8.90. The average molecular weight is 312 g/mol. The highest BCUT2D eigenvalue weighted by molar-refractivity contribution is 7.59. The maximum absolute atomic E-state index is 10.4. The van der Waals surface area contributed by atoms with E-state index in [0.717, 1.165) is 30.1 Å². The van der Waals surface area contributed by atoms with E-state index in [1.807, 2.05) is 0 Å². The van der Waals surface area contributed by atoms with Crippen LogP contribution in [0.15, 0.2) is 0 Å². The normalized spacial score (nSPS) is 21.7. The van der Waals surface area contributed by atoms with Gasteiger partial charge in [0, 0.05) is 6.04 Å². The van der Waals surface area contributed by atoms with E-state index in [9.17, 15) is 5.11 Å². The molecular formula is C13H33NOS2Si. The van der Waals surface area contributed by atoms with Crippen molar-refractivity contribution in [1.29, 1.82) is 0 Å². The minimum Gasteiger partial charge on any atom is -0.392 e. The first kappa shape index (κ1) is 21.1. The molecule has 1 fully saturated rings. The first-order valence-corrected chi connectivity index (χ1v) is 9.65. The molecule has 0 aromatic carbocycles. The van der Waals surface area contributed by atoms with Crippen LogP contribution in [0.4, 0.5) is 0 Å². The summed E-state index contributed by atoms with van der Waals surface area (Å²) in [6, 6.07) is 1.42. The molecule has 1 heterocycles. The molecule has 18 heavy (non-hydrogen) atoms. The molecule has 0 bridgehead atoms. The first-order valence-electron chi connectivity index (χ1n) is 6.79. The minimum atomic E-state index is -1.32. The highest BCUT2D eigenvalue weighted by atomic mass is 32.1. The number of aliphatic hydroxyl groups excluding tert-OH is 1. The summed E-state index contributed by atoms with van der Waals surface area (Å²) in [6.07, 6.45) is 2.26. The SMILES string of the molecule is CC(C)[Si](C)(C[C@@H](O)[C@@H]1CCCN1)C(C)C.S.S. The maximum Gasteiger partial charge on any atom is 0.0670 e. The van der Waals surface area contributed by atoms with Crippen LogP contribution in [0.5, 0.6) is 0 Å². The second-order valence-corrected chi connectivity index (χ2v) is 12.0. The van der Waals surface area contributed by atoms with Gasteiger partial charge in [-0.05, 0) is 25.4 Å². The van der Waals surface area contributed by atoms with Crippen molar-refractivity contribution in [3.05, 3.63) is 0 Å². The van der Waals surface area contributed by atoms with Crippen molar-refractivity contribution in [1.82, 2.24) is 5.32 Å². The highest BCUT2D eigenvalue weighted by Gasteiger charge is 2.38. The predicted molar refractivity (Wildman–Crippen MR) is 94.4 cm³/mol. The third kappa shape index (κ3) is 5.08. The van der Waals surface area contributed by atoms with Gasteiger partial charge in [0.2, 0.25) is 0 Å². The van der Waals surface area contributed by atoms with Crippen LogP contribution in [0.25, 0.3) is 0 Å². The summed E-state index contributed by atoms with van der Waals surface area (Å²) in [6.45, 7) is 12.9. The summed E-state index contributed by atoms with van der Waals surface area (Å²) in [4.78, 5) is 0. The summed E-state index contributed by atoms with van der Waals surface area (Å²) < 4.78 is 0. The Bertz CT molecular complexity index is 213. The molecule has 1 aliphatic heterocycles. The first-order chi connectivity index (χ1) is 7.38. The van der Waals surface area contributed by atoms with E-state index in [-0.39, 0.29) is 33.1 Å². The Labute approximate surface area is 128 Å². The molecular weight excluding hydrogens is 278 g/mol. The molecule has 112 valence electrons. The third-order valence-corrected chi connectivity index (χ3v) is 11.4. The molecule has 0 saturated carbocycles. The van der Waals surface area contributed by atoms with E-state index in [1.54, 1.807) is 0 Å². The Kier molecular flexibility index (Phi) is 10.5. The van der Waals surface area contributed by atoms with E-state index in [4.69, 9.17) is 0 Å². The fourth-order valence-corrected chi connectivity index (χ4v) is 6.23. The molecule has 0 aliphatic carbocycles. The zero-order valence-electron chi connectivity index (χ0n) is 12.6. The molecule has 2 atom stereocenters. The number of hydrogen-bond donors (Lipinski definition) is 2. The van der Waals surface area contributed by atoms with Crippen LogP contribution >= 0.6 is 27.0 Å². The molecule has 0 unspecified atom stereocenters. The Morgan fingerprint density at radius 3 is 2.00 bits per heavy atom. The number of nitrogens with one attached hydrogen (secondary N) is 1. The molecule has 0 aromatic rings. The summed E-state index contributed by atoms with van der Waals surface area (Å²) in [5.41, 5.74) is 1.51. The van der Waals surface area contributed by atoms with E-state index in [1.165, 1.54) is 6.42 Å². The molecule has 2 N–H and O–H groups in total. The summed E-state index contributed by atoms with van der Waals surface area (Å²) >= 11 is 0. The van der Waals surface area contributed by atoms with Crippen molar-refractivity contribution in [2.24, 2.45) is 0 Å². The minimum absolute atomic E-state index is 0. The number of hydrogen-bond acceptors (Lipinski definition) is 2. The fraction of sp³-hybridized carbons (Fsp3) is 1.00. The lowest BCUT2D eigenvalue weighted by Crippen LogP contribution is -2.46. The standard InChI is InChI=1S/C13H29NOSi.2H2S/c1-10(2)16(5,11(3)4)9-13(15)12-7-6-8-14-12;;/h10-15H,6-9H2,1-5H3;2*1H2/t12-,13+;;/m0../s1. The maximum atomic E-state index is 10.4. The van der Waals surface area contributed by atoms with Gasteiger partial charge in [-0.25, -0.2) is 0 Å². The molecule has 0 aromatic heterocycles. The van der Waals surface area contributed by atoms with E-state index in [2.05, 4.69) is 39.6 Å². The summed E-state index contributed by atoms with van der Waals surface area (Å²) in [5.74, 6) is 0. The van der Waals surface area contributed by atoms with Crippen LogP contribution in [0.2, 0.25) is 23.7 Å². The topological polar surface area (TPSA) is 32.3 Å².